The highest BCUT2D eigenvalue weighted by Crippen LogP contribution is 2.27. The minimum atomic E-state index is -1.10. The summed E-state index contributed by atoms with van der Waals surface area (Å²) in [6, 6.07) is 0. The molecule has 4 nitrogen and oxygen atoms in total. The molecule has 0 aromatic rings. The van der Waals surface area contributed by atoms with Gasteiger partial charge in [-0.2, -0.15) is 0 Å². The minimum Gasteiger partial charge on any atom is -0.392 e. The molecule has 0 aromatic heterocycles. The molecule has 0 aliphatic heterocycles. The van der Waals surface area contributed by atoms with Gasteiger partial charge < -0.3 is 5.11 Å². The Labute approximate surface area is 109 Å². The fraction of sp³-hybridized carbons (Fsp3) is 0.786. The van der Waals surface area contributed by atoms with E-state index >= 15 is 0 Å². The maximum absolute atomic E-state index is 12.1. The highest BCUT2D eigenvalue weighted by molar-refractivity contribution is 6.40. The summed E-state index contributed by atoms with van der Waals surface area (Å²) in [6.45, 7) is 9.51. The molecule has 3 atom stereocenters. The summed E-state index contributed by atoms with van der Waals surface area (Å²) in [4.78, 5) is 35.4. The Kier molecular flexibility index (Phi) is 5.87. The van der Waals surface area contributed by atoms with E-state index in [9.17, 15) is 19.5 Å². The van der Waals surface area contributed by atoms with E-state index in [0.29, 0.717) is 6.42 Å². The molecule has 0 spiro atoms. The van der Waals surface area contributed by atoms with Crippen LogP contribution >= 0.6 is 0 Å². The van der Waals surface area contributed by atoms with Gasteiger partial charge in [0.05, 0.1) is 11.5 Å². The number of Topliss-reactive ketones (excluding diaryl/α,β-unsaturated/α-hetero) is 3. The Balaban J connectivity index is 5.01. The molecule has 0 bridgehead atoms. The molecule has 0 radical (unpaired) electrons. The van der Waals surface area contributed by atoms with Crippen molar-refractivity contribution in [1.82, 2.24) is 0 Å². The molecule has 2 unspecified atom stereocenters. The van der Waals surface area contributed by atoms with Crippen molar-refractivity contribution in [2.75, 3.05) is 0 Å². The number of carbonyl (C=O) groups is 3. The van der Waals surface area contributed by atoms with Gasteiger partial charge in [0.25, 0.3) is 0 Å². The van der Waals surface area contributed by atoms with Gasteiger partial charge in [0.1, 0.15) is 5.78 Å². The third-order valence-corrected chi connectivity index (χ3v) is 3.83. The Morgan fingerprint density at radius 3 is 1.89 bits per heavy atom. The highest BCUT2D eigenvalue weighted by atomic mass is 16.3. The maximum atomic E-state index is 12.1. The molecule has 1 N–H and O–H groups in total. The normalized spacial score (nSPS) is 16.8. The zero-order chi connectivity index (χ0) is 14.7. The second-order valence-corrected chi connectivity index (χ2v) is 5.53. The SMILES string of the molecule is CC[C@H](O)C(C)(C)C(=O)C(=O)C(C)C(C)C(C)=O. The van der Waals surface area contributed by atoms with Crippen LogP contribution in [-0.4, -0.2) is 28.6 Å². The van der Waals surface area contributed by atoms with Gasteiger partial charge in [-0.1, -0.05) is 20.8 Å². The van der Waals surface area contributed by atoms with Crippen LogP contribution in [0, 0.1) is 17.3 Å². The van der Waals surface area contributed by atoms with Crippen LogP contribution in [0.1, 0.15) is 48.0 Å². The third kappa shape index (κ3) is 3.48. The Morgan fingerprint density at radius 2 is 1.56 bits per heavy atom. The molecule has 0 rings (SSSR count). The number of aliphatic hydroxyl groups is 1. The molecule has 0 saturated carbocycles. The smallest absolute Gasteiger partial charge is 0.206 e. The van der Waals surface area contributed by atoms with E-state index in [0.717, 1.165) is 0 Å². The lowest BCUT2D eigenvalue weighted by Crippen LogP contribution is -2.44. The largest absolute Gasteiger partial charge is 0.392 e. The average molecular weight is 256 g/mol. The molecule has 0 aliphatic carbocycles. The van der Waals surface area contributed by atoms with Crippen molar-refractivity contribution >= 4 is 17.3 Å². The monoisotopic (exact) mass is 256 g/mol. The van der Waals surface area contributed by atoms with Gasteiger partial charge in [-0.25, -0.2) is 0 Å². The summed E-state index contributed by atoms with van der Waals surface area (Å²) in [5.74, 6) is -2.40. The summed E-state index contributed by atoms with van der Waals surface area (Å²) < 4.78 is 0. The second kappa shape index (κ2) is 6.23. The van der Waals surface area contributed by atoms with Crippen molar-refractivity contribution in [3.63, 3.8) is 0 Å². The van der Waals surface area contributed by atoms with Crippen molar-refractivity contribution in [1.29, 1.82) is 0 Å². The highest BCUT2D eigenvalue weighted by Gasteiger charge is 2.41. The fourth-order valence-electron chi connectivity index (χ4n) is 1.77. The van der Waals surface area contributed by atoms with E-state index < -0.39 is 34.9 Å². The van der Waals surface area contributed by atoms with E-state index in [4.69, 9.17) is 0 Å². The van der Waals surface area contributed by atoms with Gasteiger partial charge in [-0.15, -0.1) is 0 Å². The number of rotatable bonds is 7. The third-order valence-electron chi connectivity index (χ3n) is 3.83. The number of aliphatic hydroxyl groups excluding tert-OH is 1. The fourth-order valence-corrected chi connectivity index (χ4v) is 1.77. The standard InChI is InChI=1S/C14H24O4/c1-7-11(16)14(5,6)13(18)12(17)9(3)8(2)10(4)15/h8-9,11,16H,7H2,1-6H3/t8?,9?,11-/m0/s1. The van der Waals surface area contributed by atoms with Gasteiger partial charge in [0, 0.05) is 11.8 Å². The molecule has 4 heteroatoms. The minimum absolute atomic E-state index is 0.113. The van der Waals surface area contributed by atoms with Gasteiger partial charge in [-0.05, 0) is 27.2 Å². The first-order valence-corrected chi connectivity index (χ1v) is 6.34. The van der Waals surface area contributed by atoms with Gasteiger partial charge in [0.15, 0.2) is 0 Å². The van der Waals surface area contributed by atoms with Crippen LogP contribution in [0.5, 0.6) is 0 Å². The van der Waals surface area contributed by atoms with E-state index in [1.165, 1.54) is 6.92 Å². The first-order chi connectivity index (χ1) is 8.07. The predicted octanol–water partition coefficient (Wildman–Crippen LogP) is 1.78. The molecule has 0 amide bonds. The number of carbonyl (C=O) groups excluding carboxylic acids is 3. The van der Waals surface area contributed by atoms with Crippen molar-refractivity contribution in [2.24, 2.45) is 17.3 Å². The zero-order valence-electron chi connectivity index (χ0n) is 12.1. The summed E-state index contributed by atoms with van der Waals surface area (Å²) >= 11 is 0. The average Bonchev–Trinajstić information content (AvgIpc) is 2.33. The molecule has 0 heterocycles. The summed E-state index contributed by atoms with van der Waals surface area (Å²) in [6.07, 6.45) is -0.448. The van der Waals surface area contributed by atoms with Crippen LogP contribution in [0.2, 0.25) is 0 Å². The lowest BCUT2D eigenvalue weighted by molar-refractivity contribution is -0.149. The first kappa shape index (κ1) is 17.0. The summed E-state index contributed by atoms with van der Waals surface area (Å²) in [7, 11) is 0. The Morgan fingerprint density at radius 1 is 1.11 bits per heavy atom. The van der Waals surface area contributed by atoms with Crippen LogP contribution < -0.4 is 0 Å². The molecule has 0 aliphatic rings. The Hall–Kier alpha value is -1.03. The van der Waals surface area contributed by atoms with Crippen molar-refractivity contribution in [2.45, 2.75) is 54.1 Å². The van der Waals surface area contributed by atoms with Crippen LogP contribution in [-0.2, 0) is 14.4 Å². The number of hydrogen-bond donors (Lipinski definition) is 1. The molecule has 0 saturated heterocycles. The van der Waals surface area contributed by atoms with E-state index in [1.54, 1.807) is 34.6 Å². The topological polar surface area (TPSA) is 71.4 Å². The van der Waals surface area contributed by atoms with Gasteiger partial charge >= 0.3 is 0 Å². The lowest BCUT2D eigenvalue weighted by atomic mass is 9.75. The molecule has 18 heavy (non-hydrogen) atoms. The number of hydrogen-bond acceptors (Lipinski definition) is 4. The molecular weight excluding hydrogens is 232 g/mol. The van der Waals surface area contributed by atoms with Crippen LogP contribution in [0.3, 0.4) is 0 Å². The van der Waals surface area contributed by atoms with Crippen molar-refractivity contribution in [3.05, 3.63) is 0 Å². The summed E-state index contributed by atoms with van der Waals surface area (Å²) in [5.41, 5.74) is -1.10. The van der Waals surface area contributed by atoms with Gasteiger partial charge in [-0.3, -0.25) is 14.4 Å². The van der Waals surface area contributed by atoms with Crippen LogP contribution in [0.4, 0.5) is 0 Å². The predicted molar refractivity (Wildman–Crippen MR) is 69.1 cm³/mol. The van der Waals surface area contributed by atoms with Gasteiger partial charge in [0.2, 0.25) is 11.6 Å². The lowest BCUT2D eigenvalue weighted by Gasteiger charge is -2.29. The molecule has 0 fully saturated rings. The van der Waals surface area contributed by atoms with E-state index in [2.05, 4.69) is 0 Å². The molecule has 104 valence electrons. The van der Waals surface area contributed by atoms with E-state index in [1.807, 2.05) is 0 Å². The molecular formula is C14H24O4. The molecule has 0 aromatic carbocycles. The van der Waals surface area contributed by atoms with Crippen LogP contribution in [0.15, 0.2) is 0 Å². The van der Waals surface area contributed by atoms with Crippen molar-refractivity contribution < 1.29 is 19.5 Å². The maximum Gasteiger partial charge on any atom is 0.206 e. The van der Waals surface area contributed by atoms with E-state index in [-0.39, 0.29) is 5.78 Å². The Bertz CT molecular complexity index is 344. The quantitative estimate of drug-likeness (QED) is 0.705. The first-order valence-electron chi connectivity index (χ1n) is 6.34. The van der Waals surface area contributed by atoms with Crippen LogP contribution in [0.25, 0.3) is 0 Å². The zero-order valence-corrected chi connectivity index (χ0v) is 12.1. The second-order valence-electron chi connectivity index (χ2n) is 5.53. The number of ketones is 3. The summed E-state index contributed by atoms with van der Waals surface area (Å²) in [5, 5.41) is 9.79. The van der Waals surface area contributed by atoms with Crippen molar-refractivity contribution in [3.8, 4) is 0 Å².